The number of imidazole rings is 1. The number of nitrogens with zero attached hydrogens (tertiary/aromatic N) is 3. The molecule has 0 spiro atoms. The van der Waals surface area contributed by atoms with Crippen molar-refractivity contribution in [2.45, 2.75) is 32.1 Å². The Morgan fingerprint density at radius 2 is 1.93 bits per heavy atom. The zero-order valence-corrected chi connectivity index (χ0v) is 15.9. The number of aliphatic hydroxyl groups excluding tert-OH is 1. The molecule has 2 aliphatic heterocycles. The summed E-state index contributed by atoms with van der Waals surface area (Å²) in [4.78, 5) is 25.0. The molecule has 1 amide bonds. The Morgan fingerprint density at radius 1 is 1.15 bits per heavy atom. The van der Waals surface area contributed by atoms with E-state index in [4.69, 9.17) is 0 Å². The second kappa shape index (κ2) is 8.40. The van der Waals surface area contributed by atoms with E-state index in [-0.39, 0.29) is 18.4 Å². The van der Waals surface area contributed by atoms with Crippen LogP contribution in [-0.4, -0.2) is 70.1 Å². The van der Waals surface area contributed by atoms with Crippen LogP contribution in [0.1, 0.15) is 31.5 Å². The van der Waals surface area contributed by atoms with Gasteiger partial charge < -0.3 is 19.9 Å². The molecule has 4 rings (SSSR count). The van der Waals surface area contributed by atoms with Gasteiger partial charge >= 0.3 is 0 Å². The predicted octanol–water partition coefficient (Wildman–Crippen LogP) is 2.05. The lowest BCUT2D eigenvalue weighted by Crippen LogP contribution is -2.37. The van der Waals surface area contributed by atoms with Crippen LogP contribution >= 0.6 is 0 Å². The van der Waals surface area contributed by atoms with E-state index in [0.29, 0.717) is 25.3 Å². The Labute approximate surface area is 160 Å². The number of carbonyl (C=O) groups is 1. The zero-order valence-electron chi connectivity index (χ0n) is 15.9. The van der Waals surface area contributed by atoms with Crippen LogP contribution in [0, 0.1) is 11.8 Å². The minimum absolute atomic E-state index is 0.172. The SMILES string of the molecule is O=C(CCc1nc2ccccc2[nH]1)N1C[C@@H](CN2CCCCC2)[C@@H](CO)C1. The van der Waals surface area contributed by atoms with Crippen LogP contribution in [0.25, 0.3) is 11.0 Å². The van der Waals surface area contributed by atoms with Gasteiger partial charge in [-0.2, -0.15) is 0 Å². The third-order valence-electron chi connectivity index (χ3n) is 6.12. The summed E-state index contributed by atoms with van der Waals surface area (Å²) in [6.45, 7) is 4.97. The van der Waals surface area contributed by atoms with Crippen LogP contribution in [0.5, 0.6) is 0 Å². The standard InChI is InChI=1S/C21H30N4O2/c26-15-17-14-25(13-16(17)12-24-10-4-1-5-11-24)21(27)9-8-20-22-18-6-2-3-7-19(18)23-20/h2-3,6-7,16-17,26H,1,4-5,8-15H2,(H,22,23)/t16-,17-/m1/s1. The zero-order chi connectivity index (χ0) is 18.6. The molecule has 0 radical (unpaired) electrons. The van der Waals surface area contributed by atoms with Gasteiger partial charge in [-0.15, -0.1) is 0 Å². The topological polar surface area (TPSA) is 72.5 Å². The number of rotatable bonds is 6. The average Bonchev–Trinajstić information content (AvgIpc) is 3.30. The molecule has 2 N–H and O–H groups in total. The molecule has 0 aliphatic carbocycles. The van der Waals surface area contributed by atoms with Crippen LogP contribution in [0.3, 0.4) is 0 Å². The summed E-state index contributed by atoms with van der Waals surface area (Å²) in [7, 11) is 0. The molecule has 1 aromatic heterocycles. The van der Waals surface area contributed by atoms with Crippen molar-refractivity contribution >= 4 is 16.9 Å². The summed E-state index contributed by atoms with van der Waals surface area (Å²) in [5.74, 6) is 1.65. The van der Waals surface area contributed by atoms with Gasteiger partial charge in [0.05, 0.1) is 11.0 Å². The van der Waals surface area contributed by atoms with Gasteiger partial charge in [-0.05, 0) is 44.0 Å². The number of carbonyl (C=O) groups excluding carboxylic acids is 1. The molecule has 3 heterocycles. The van der Waals surface area contributed by atoms with Crippen molar-refractivity contribution in [1.29, 1.82) is 0 Å². The molecule has 0 unspecified atom stereocenters. The third-order valence-corrected chi connectivity index (χ3v) is 6.12. The molecule has 27 heavy (non-hydrogen) atoms. The lowest BCUT2D eigenvalue weighted by atomic mass is 9.95. The van der Waals surface area contributed by atoms with Crippen molar-refractivity contribution in [2.75, 3.05) is 39.3 Å². The molecule has 6 heteroatoms. The van der Waals surface area contributed by atoms with Crippen molar-refractivity contribution in [3.05, 3.63) is 30.1 Å². The number of likely N-dealkylation sites (tertiary alicyclic amines) is 2. The molecule has 2 saturated heterocycles. The van der Waals surface area contributed by atoms with Crippen LogP contribution < -0.4 is 0 Å². The van der Waals surface area contributed by atoms with E-state index in [0.717, 1.165) is 43.0 Å². The smallest absolute Gasteiger partial charge is 0.223 e. The Hall–Kier alpha value is -1.92. The third kappa shape index (κ3) is 4.33. The lowest BCUT2D eigenvalue weighted by Gasteiger charge is -2.30. The van der Waals surface area contributed by atoms with E-state index in [2.05, 4.69) is 14.9 Å². The first kappa shape index (κ1) is 18.4. The highest BCUT2D eigenvalue weighted by atomic mass is 16.3. The van der Waals surface area contributed by atoms with Crippen molar-refractivity contribution in [1.82, 2.24) is 19.8 Å². The van der Waals surface area contributed by atoms with Gasteiger partial charge in [0.1, 0.15) is 5.82 Å². The number of benzene rings is 1. The van der Waals surface area contributed by atoms with Crippen LogP contribution in [-0.2, 0) is 11.2 Å². The number of hydrogen-bond donors (Lipinski definition) is 2. The summed E-state index contributed by atoms with van der Waals surface area (Å²) < 4.78 is 0. The molecule has 0 saturated carbocycles. The molecular formula is C21H30N4O2. The molecule has 1 aromatic carbocycles. The quantitative estimate of drug-likeness (QED) is 0.816. The molecule has 2 aliphatic rings. The monoisotopic (exact) mass is 370 g/mol. The number of H-pyrrole nitrogens is 1. The van der Waals surface area contributed by atoms with Gasteiger partial charge in [-0.3, -0.25) is 4.79 Å². The fourth-order valence-corrected chi connectivity index (χ4v) is 4.54. The second-order valence-corrected chi connectivity index (χ2v) is 8.06. The largest absolute Gasteiger partial charge is 0.396 e. The molecule has 146 valence electrons. The van der Waals surface area contributed by atoms with Crippen molar-refractivity contribution in [3.8, 4) is 0 Å². The van der Waals surface area contributed by atoms with Crippen LogP contribution in [0.2, 0.25) is 0 Å². The van der Waals surface area contributed by atoms with E-state index in [1.165, 1.54) is 19.3 Å². The molecule has 2 atom stereocenters. The van der Waals surface area contributed by atoms with E-state index in [1.54, 1.807) is 0 Å². The summed E-state index contributed by atoms with van der Waals surface area (Å²) in [6.07, 6.45) is 4.98. The van der Waals surface area contributed by atoms with E-state index >= 15 is 0 Å². The number of piperidine rings is 1. The summed E-state index contributed by atoms with van der Waals surface area (Å²) in [5.41, 5.74) is 1.96. The fraction of sp³-hybridized carbons (Fsp3) is 0.619. The molecule has 6 nitrogen and oxygen atoms in total. The van der Waals surface area contributed by atoms with Crippen molar-refractivity contribution in [3.63, 3.8) is 0 Å². The molecule has 0 bridgehead atoms. The van der Waals surface area contributed by atoms with Crippen LogP contribution in [0.15, 0.2) is 24.3 Å². The Balaban J connectivity index is 1.31. The highest BCUT2D eigenvalue weighted by Gasteiger charge is 2.35. The molecule has 2 fully saturated rings. The number of aliphatic hydroxyl groups is 1. The Bertz CT molecular complexity index is 735. The maximum atomic E-state index is 12.7. The van der Waals surface area contributed by atoms with Gasteiger partial charge in [-0.25, -0.2) is 4.98 Å². The van der Waals surface area contributed by atoms with Gasteiger partial charge in [0.25, 0.3) is 0 Å². The summed E-state index contributed by atoms with van der Waals surface area (Å²) in [6, 6.07) is 7.94. The number of aromatic nitrogens is 2. The average molecular weight is 370 g/mol. The summed E-state index contributed by atoms with van der Waals surface area (Å²) >= 11 is 0. The first-order valence-electron chi connectivity index (χ1n) is 10.3. The van der Waals surface area contributed by atoms with Crippen molar-refractivity contribution < 1.29 is 9.90 Å². The van der Waals surface area contributed by atoms with Crippen molar-refractivity contribution in [2.24, 2.45) is 11.8 Å². The summed E-state index contributed by atoms with van der Waals surface area (Å²) in [5, 5.41) is 9.78. The van der Waals surface area contributed by atoms with E-state index in [1.807, 2.05) is 29.2 Å². The molecular weight excluding hydrogens is 340 g/mol. The van der Waals surface area contributed by atoms with Crippen LogP contribution in [0.4, 0.5) is 0 Å². The number of fused-ring (bicyclic) bond motifs is 1. The normalized spacial score (nSPS) is 24.0. The fourth-order valence-electron chi connectivity index (χ4n) is 4.54. The second-order valence-electron chi connectivity index (χ2n) is 8.06. The Morgan fingerprint density at radius 3 is 2.70 bits per heavy atom. The minimum Gasteiger partial charge on any atom is -0.396 e. The molecule has 2 aromatic rings. The predicted molar refractivity (Wildman–Crippen MR) is 105 cm³/mol. The van der Waals surface area contributed by atoms with E-state index in [9.17, 15) is 9.90 Å². The van der Waals surface area contributed by atoms with E-state index < -0.39 is 0 Å². The van der Waals surface area contributed by atoms with Gasteiger partial charge in [0.2, 0.25) is 5.91 Å². The minimum atomic E-state index is 0.172. The van der Waals surface area contributed by atoms with Gasteiger partial charge in [0, 0.05) is 45.0 Å². The number of aromatic amines is 1. The number of para-hydroxylation sites is 2. The highest BCUT2D eigenvalue weighted by molar-refractivity contribution is 5.77. The maximum Gasteiger partial charge on any atom is 0.223 e. The number of nitrogens with one attached hydrogen (secondary N) is 1. The number of hydrogen-bond acceptors (Lipinski definition) is 4. The number of amides is 1. The Kier molecular flexibility index (Phi) is 5.74. The lowest BCUT2D eigenvalue weighted by molar-refractivity contribution is -0.130. The van der Waals surface area contributed by atoms with Gasteiger partial charge in [0.15, 0.2) is 0 Å². The van der Waals surface area contributed by atoms with Gasteiger partial charge in [-0.1, -0.05) is 18.6 Å². The highest BCUT2D eigenvalue weighted by Crippen LogP contribution is 2.26. The number of aryl methyl sites for hydroxylation is 1. The first-order chi connectivity index (χ1) is 13.2. The maximum absolute atomic E-state index is 12.7. The first-order valence-corrected chi connectivity index (χ1v) is 10.3.